The number of nitrogens with zero attached hydrogens (tertiary/aromatic N) is 3. The lowest BCUT2D eigenvalue weighted by Crippen LogP contribution is -2.64. The van der Waals surface area contributed by atoms with Crippen molar-refractivity contribution in [3.63, 3.8) is 0 Å². The van der Waals surface area contributed by atoms with Gasteiger partial charge in [0.05, 0.1) is 0 Å². The predicted molar refractivity (Wildman–Crippen MR) is 81.4 cm³/mol. The Morgan fingerprint density at radius 2 is 1.43 bits per heavy atom. The molecule has 6 heteroatoms. The van der Waals surface area contributed by atoms with E-state index in [9.17, 15) is 9.59 Å². The highest BCUT2D eigenvalue weighted by atomic mass is 16.2. The first-order chi connectivity index (χ1) is 9.88. The Morgan fingerprint density at radius 1 is 0.952 bits per heavy atom. The molecule has 0 radical (unpaired) electrons. The molecule has 0 aromatic heterocycles. The quantitative estimate of drug-likeness (QED) is 0.758. The van der Waals surface area contributed by atoms with E-state index in [0.29, 0.717) is 19.6 Å². The van der Waals surface area contributed by atoms with E-state index in [1.165, 1.54) is 0 Å². The van der Waals surface area contributed by atoms with Gasteiger partial charge in [-0.15, -0.1) is 19.7 Å². The molecule has 2 saturated heterocycles. The van der Waals surface area contributed by atoms with E-state index in [1.807, 2.05) is 13.8 Å². The number of fused-ring (bicyclic) bond motifs is 1. The van der Waals surface area contributed by atoms with Crippen molar-refractivity contribution >= 4 is 12.1 Å². The van der Waals surface area contributed by atoms with Gasteiger partial charge in [0.1, 0.15) is 0 Å². The molecule has 2 rings (SSSR count). The Hall–Kier alpha value is -2.24. The highest BCUT2D eigenvalue weighted by molar-refractivity contribution is 5.88. The molecule has 2 unspecified atom stereocenters. The number of hydrogen-bond acceptors (Lipinski definition) is 2. The molecule has 0 spiro atoms. The van der Waals surface area contributed by atoms with Crippen molar-refractivity contribution in [1.82, 2.24) is 20.0 Å². The molecule has 2 atom stereocenters. The second-order valence-corrected chi connectivity index (χ2v) is 5.50. The van der Waals surface area contributed by atoms with Crippen molar-refractivity contribution in [3.8, 4) is 0 Å². The number of carbonyl (C=O) groups is 2. The molecule has 2 heterocycles. The number of urea groups is 2. The van der Waals surface area contributed by atoms with Crippen LogP contribution < -0.4 is 5.32 Å². The molecule has 114 valence electrons. The Morgan fingerprint density at radius 3 is 1.95 bits per heavy atom. The van der Waals surface area contributed by atoms with Crippen molar-refractivity contribution in [3.05, 3.63) is 38.0 Å². The van der Waals surface area contributed by atoms with E-state index in [4.69, 9.17) is 0 Å². The molecule has 2 fully saturated rings. The average molecular weight is 290 g/mol. The maximum atomic E-state index is 12.7. The zero-order valence-corrected chi connectivity index (χ0v) is 12.6. The lowest BCUT2D eigenvalue weighted by atomic mass is 9.96. The molecule has 0 aromatic carbocycles. The Balaban J connectivity index is 2.57. The van der Waals surface area contributed by atoms with Crippen molar-refractivity contribution in [1.29, 1.82) is 0 Å². The fourth-order valence-electron chi connectivity index (χ4n) is 3.27. The molecule has 0 bridgehead atoms. The third kappa shape index (κ3) is 1.71. The second kappa shape index (κ2) is 4.95. The van der Waals surface area contributed by atoms with Crippen molar-refractivity contribution in [2.24, 2.45) is 0 Å². The van der Waals surface area contributed by atoms with E-state index in [0.717, 1.165) is 0 Å². The number of amides is 4. The predicted octanol–water partition coefficient (Wildman–Crippen LogP) is 1.74. The molecular weight excluding hydrogens is 268 g/mol. The molecule has 6 nitrogen and oxygen atoms in total. The fraction of sp³-hybridized carbons (Fsp3) is 0.467. The van der Waals surface area contributed by atoms with E-state index < -0.39 is 11.3 Å². The second-order valence-electron chi connectivity index (χ2n) is 5.50. The van der Waals surface area contributed by atoms with Gasteiger partial charge in [-0.25, -0.2) is 9.59 Å². The summed E-state index contributed by atoms with van der Waals surface area (Å²) in [6.45, 7) is 15.9. The van der Waals surface area contributed by atoms with Crippen molar-refractivity contribution < 1.29 is 9.59 Å². The molecule has 0 aromatic rings. The summed E-state index contributed by atoms with van der Waals surface area (Å²) in [7, 11) is 0. The van der Waals surface area contributed by atoms with Crippen LogP contribution in [0.2, 0.25) is 0 Å². The molecule has 1 N–H and O–H groups in total. The maximum Gasteiger partial charge on any atom is 0.324 e. The van der Waals surface area contributed by atoms with E-state index in [-0.39, 0.29) is 12.1 Å². The number of hydrogen-bond donors (Lipinski definition) is 1. The minimum atomic E-state index is -0.832. The maximum absolute atomic E-state index is 12.7. The Labute approximate surface area is 125 Å². The highest BCUT2D eigenvalue weighted by Gasteiger charge is 2.70. The Kier molecular flexibility index (Phi) is 3.57. The zero-order chi connectivity index (χ0) is 15.8. The molecule has 2 aliphatic heterocycles. The minimum absolute atomic E-state index is 0.145. The summed E-state index contributed by atoms with van der Waals surface area (Å²) < 4.78 is 0. The number of carbonyl (C=O) groups excluding carboxylic acids is 2. The lowest BCUT2D eigenvalue weighted by molar-refractivity contribution is 0.0102. The van der Waals surface area contributed by atoms with Crippen LogP contribution in [-0.2, 0) is 0 Å². The van der Waals surface area contributed by atoms with Crippen LogP contribution in [0.4, 0.5) is 9.59 Å². The monoisotopic (exact) mass is 290 g/mol. The van der Waals surface area contributed by atoms with Crippen molar-refractivity contribution in [2.45, 2.75) is 25.2 Å². The summed E-state index contributed by atoms with van der Waals surface area (Å²) in [5.74, 6) is 0. The van der Waals surface area contributed by atoms with Gasteiger partial charge in [-0.05, 0) is 13.8 Å². The van der Waals surface area contributed by atoms with Crippen LogP contribution in [0.15, 0.2) is 38.0 Å². The summed E-state index contributed by atoms with van der Waals surface area (Å²) in [4.78, 5) is 30.0. The van der Waals surface area contributed by atoms with Gasteiger partial charge in [0.25, 0.3) is 0 Å². The molecule has 0 aliphatic carbocycles. The lowest BCUT2D eigenvalue weighted by Gasteiger charge is -2.43. The van der Waals surface area contributed by atoms with E-state index in [1.54, 1.807) is 32.9 Å². The molecule has 4 amide bonds. The minimum Gasteiger partial charge on any atom is -0.311 e. The smallest absolute Gasteiger partial charge is 0.311 e. The van der Waals surface area contributed by atoms with Gasteiger partial charge >= 0.3 is 12.1 Å². The van der Waals surface area contributed by atoms with E-state index >= 15 is 0 Å². The van der Waals surface area contributed by atoms with E-state index in [2.05, 4.69) is 25.1 Å². The van der Waals surface area contributed by atoms with Gasteiger partial charge in [-0.3, -0.25) is 14.7 Å². The first kappa shape index (κ1) is 15.2. The molecular formula is C15H22N4O2. The van der Waals surface area contributed by atoms with Crippen LogP contribution in [-0.4, -0.2) is 57.7 Å². The summed E-state index contributed by atoms with van der Waals surface area (Å²) in [6, 6.07) is -0.357. The summed E-state index contributed by atoms with van der Waals surface area (Å²) in [5, 5.41) is 2.94. The SMILES string of the molecule is C=CCN1C(=O)N(CC=C)C2(C)N(CC=C)C(=O)NC12C. The topological polar surface area (TPSA) is 55.9 Å². The zero-order valence-electron chi connectivity index (χ0n) is 12.6. The van der Waals surface area contributed by atoms with Gasteiger partial charge in [-0.2, -0.15) is 0 Å². The van der Waals surface area contributed by atoms with Gasteiger partial charge in [-0.1, -0.05) is 18.2 Å². The number of rotatable bonds is 6. The Bertz CT molecular complexity index is 510. The van der Waals surface area contributed by atoms with Crippen molar-refractivity contribution in [2.75, 3.05) is 19.6 Å². The van der Waals surface area contributed by atoms with Crippen LogP contribution in [0.25, 0.3) is 0 Å². The standard InChI is InChI=1S/C15H22N4O2/c1-6-9-17-12(20)16-14(4)15(17,5)19(11-8-3)13(21)18(14)10-7-2/h6-8H,1-3,9-11H2,4-5H3,(H,16,20). The van der Waals surface area contributed by atoms with Crippen LogP contribution in [0.1, 0.15) is 13.8 Å². The van der Waals surface area contributed by atoms with Gasteiger partial charge in [0.2, 0.25) is 0 Å². The number of nitrogens with one attached hydrogen (secondary N) is 1. The van der Waals surface area contributed by atoms with Gasteiger partial charge in [0.15, 0.2) is 11.3 Å². The molecule has 2 aliphatic rings. The first-order valence-electron chi connectivity index (χ1n) is 6.90. The normalized spacial score (nSPS) is 31.2. The van der Waals surface area contributed by atoms with Gasteiger partial charge < -0.3 is 5.32 Å². The third-order valence-electron chi connectivity index (χ3n) is 4.51. The summed E-state index contributed by atoms with van der Waals surface area (Å²) >= 11 is 0. The summed E-state index contributed by atoms with van der Waals surface area (Å²) in [6.07, 6.45) is 4.97. The first-order valence-corrected chi connectivity index (χ1v) is 6.90. The van der Waals surface area contributed by atoms with Crippen LogP contribution in [0.5, 0.6) is 0 Å². The van der Waals surface area contributed by atoms with Crippen LogP contribution in [0, 0.1) is 0 Å². The highest BCUT2D eigenvalue weighted by Crippen LogP contribution is 2.45. The summed E-state index contributed by atoms with van der Waals surface area (Å²) in [5.41, 5.74) is -1.64. The largest absolute Gasteiger partial charge is 0.324 e. The van der Waals surface area contributed by atoms with Gasteiger partial charge in [0, 0.05) is 19.6 Å². The molecule has 21 heavy (non-hydrogen) atoms. The third-order valence-corrected chi connectivity index (χ3v) is 4.51. The average Bonchev–Trinajstić information content (AvgIpc) is 2.71. The van der Waals surface area contributed by atoms with Crippen LogP contribution in [0.3, 0.4) is 0 Å². The van der Waals surface area contributed by atoms with Crippen LogP contribution >= 0.6 is 0 Å². The fourth-order valence-corrected chi connectivity index (χ4v) is 3.27. The molecule has 0 saturated carbocycles.